The van der Waals surface area contributed by atoms with E-state index in [0.717, 1.165) is 11.8 Å². The van der Waals surface area contributed by atoms with Crippen molar-refractivity contribution < 1.29 is 9.53 Å². The zero-order chi connectivity index (χ0) is 15.7. The summed E-state index contributed by atoms with van der Waals surface area (Å²) >= 11 is 11.9. The van der Waals surface area contributed by atoms with Crippen LogP contribution in [0.25, 0.3) is 0 Å². The molecule has 4 atom stereocenters. The highest BCUT2D eigenvalue weighted by Crippen LogP contribution is 2.49. The van der Waals surface area contributed by atoms with E-state index in [1.165, 1.54) is 25.7 Å². The molecule has 0 aliphatic heterocycles. The molecule has 0 saturated heterocycles. The standard InChI is InChI=1S/C17H21Cl2NO2/c1-10(14-7-11-2-3-12(14)6-11)20-17(21)9-22-16-5-4-13(18)8-15(16)19/h4-5,8,10-12,14H,2-3,6-7,9H2,1H3,(H,20,21). The van der Waals surface area contributed by atoms with Crippen molar-refractivity contribution in [2.24, 2.45) is 17.8 Å². The first-order chi connectivity index (χ1) is 10.5. The highest BCUT2D eigenvalue weighted by atomic mass is 35.5. The summed E-state index contributed by atoms with van der Waals surface area (Å²) in [5, 5.41) is 4.04. The Balaban J connectivity index is 1.48. The van der Waals surface area contributed by atoms with Gasteiger partial charge in [0.15, 0.2) is 6.61 Å². The monoisotopic (exact) mass is 341 g/mol. The van der Waals surface area contributed by atoms with Gasteiger partial charge in [0.05, 0.1) is 5.02 Å². The Kier molecular flexibility index (Phi) is 4.84. The SMILES string of the molecule is CC(NC(=O)COc1ccc(Cl)cc1Cl)C1CC2CCC1C2. The number of carbonyl (C=O) groups is 1. The van der Waals surface area contributed by atoms with Crippen LogP contribution in [0.4, 0.5) is 0 Å². The zero-order valence-electron chi connectivity index (χ0n) is 12.6. The second kappa shape index (κ2) is 6.67. The first-order valence-electron chi connectivity index (χ1n) is 7.90. The predicted octanol–water partition coefficient (Wildman–Crippen LogP) is 4.31. The van der Waals surface area contributed by atoms with Crippen LogP contribution in [-0.4, -0.2) is 18.6 Å². The Hall–Kier alpha value is -0.930. The zero-order valence-corrected chi connectivity index (χ0v) is 14.2. The Bertz CT molecular complexity index is 564. The average Bonchev–Trinajstić information content (AvgIpc) is 3.09. The Morgan fingerprint density at radius 1 is 1.36 bits per heavy atom. The molecule has 0 heterocycles. The number of hydrogen-bond donors (Lipinski definition) is 1. The fourth-order valence-corrected chi connectivity index (χ4v) is 4.51. The van der Waals surface area contributed by atoms with Crippen molar-refractivity contribution in [2.45, 2.75) is 38.6 Å². The van der Waals surface area contributed by atoms with Gasteiger partial charge in [-0.15, -0.1) is 0 Å². The Labute approximate surface area is 141 Å². The molecule has 2 aliphatic rings. The van der Waals surface area contributed by atoms with Crippen LogP contribution in [0, 0.1) is 17.8 Å². The first-order valence-corrected chi connectivity index (χ1v) is 8.65. The molecule has 0 radical (unpaired) electrons. The maximum absolute atomic E-state index is 12.1. The lowest BCUT2D eigenvalue weighted by Crippen LogP contribution is -2.42. The molecule has 4 unspecified atom stereocenters. The minimum atomic E-state index is -0.0960. The van der Waals surface area contributed by atoms with E-state index in [2.05, 4.69) is 12.2 Å². The molecule has 5 heteroatoms. The Morgan fingerprint density at radius 3 is 2.82 bits per heavy atom. The van der Waals surface area contributed by atoms with Gasteiger partial charge in [-0.3, -0.25) is 4.79 Å². The summed E-state index contributed by atoms with van der Waals surface area (Å²) in [7, 11) is 0. The lowest BCUT2D eigenvalue weighted by molar-refractivity contribution is -0.124. The number of ether oxygens (including phenoxy) is 1. The van der Waals surface area contributed by atoms with Crippen LogP contribution >= 0.6 is 23.2 Å². The molecule has 2 fully saturated rings. The van der Waals surface area contributed by atoms with E-state index in [-0.39, 0.29) is 18.6 Å². The van der Waals surface area contributed by atoms with E-state index in [1.54, 1.807) is 18.2 Å². The molecular formula is C17H21Cl2NO2. The van der Waals surface area contributed by atoms with E-state index in [0.29, 0.717) is 21.7 Å². The third-order valence-electron chi connectivity index (χ3n) is 5.08. The summed E-state index contributed by atoms with van der Waals surface area (Å²) in [4.78, 5) is 12.1. The molecule has 1 aromatic carbocycles. The quantitative estimate of drug-likeness (QED) is 0.866. The molecular weight excluding hydrogens is 321 g/mol. The van der Waals surface area contributed by atoms with E-state index in [9.17, 15) is 4.79 Å². The van der Waals surface area contributed by atoms with Crippen molar-refractivity contribution in [2.75, 3.05) is 6.61 Å². The van der Waals surface area contributed by atoms with Gasteiger partial charge >= 0.3 is 0 Å². The summed E-state index contributed by atoms with van der Waals surface area (Å²) < 4.78 is 5.48. The van der Waals surface area contributed by atoms with Gasteiger partial charge in [-0.2, -0.15) is 0 Å². The van der Waals surface area contributed by atoms with Crippen molar-refractivity contribution in [3.8, 4) is 5.75 Å². The number of rotatable bonds is 5. The summed E-state index contributed by atoms with van der Waals surface area (Å²) in [5.41, 5.74) is 0. The minimum Gasteiger partial charge on any atom is -0.482 e. The molecule has 3 nitrogen and oxygen atoms in total. The van der Waals surface area contributed by atoms with Crippen LogP contribution in [0.1, 0.15) is 32.6 Å². The van der Waals surface area contributed by atoms with E-state index >= 15 is 0 Å². The second-order valence-corrected chi connectivity index (χ2v) is 7.40. The van der Waals surface area contributed by atoms with E-state index in [4.69, 9.17) is 27.9 Å². The molecule has 0 spiro atoms. The third kappa shape index (κ3) is 3.52. The van der Waals surface area contributed by atoms with Gasteiger partial charge in [0.25, 0.3) is 5.91 Å². The molecule has 2 aliphatic carbocycles. The number of nitrogens with one attached hydrogen (secondary N) is 1. The van der Waals surface area contributed by atoms with E-state index in [1.807, 2.05) is 0 Å². The number of halogens is 2. The topological polar surface area (TPSA) is 38.3 Å². The van der Waals surface area contributed by atoms with Gasteiger partial charge < -0.3 is 10.1 Å². The van der Waals surface area contributed by atoms with Crippen LogP contribution in [-0.2, 0) is 4.79 Å². The average molecular weight is 342 g/mol. The highest BCUT2D eigenvalue weighted by molar-refractivity contribution is 6.35. The number of carbonyl (C=O) groups excluding carboxylic acids is 1. The van der Waals surface area contributed by atoms with Crippen molar-refractivity contribution >= 4 is 29.1 Å². The van der Waals surface area contributed by atoms with Crippen LogP contribution in [0.2, 0.25) is 10.0 Å². The molecule has 22 heavy (non-hydrogen) atoms. The maximum Gasteiger partial charge on any atom is 0.258 e. The van der Waals surface area contributed by atoms with Crippen molar-refractivity contribution in [1.29, 1.82) is 0 Å². The fourth-order valence-electron chi connectivity index (χ4n) is 4.04. The molecule has 1 amide bonds. The number of fused-ring (bicyclic) bond motifs is 2. The lowest BCUT2D eigenvalue weighted by atomic mass is 9.84. The van der Waals surface area contributed by atoms with Crippen molar-refractivity contribution in [1.82, 2.24) is 5.32 Å². The number of amides is 1. The van der Waals surface area contributed by atoms with Gasteiger partial charge in [0.2, 0.25) is 0 Å². The molecule has 0 aromatic heterocycles. The molecule has 3 rings (SSSR count). The maximum atomic E-state index is 12.1. The third-order valence-corrected chi connectivity index (χ3v) is 5.61. The Morgan fingerprint density at radius 2 is 2.18 bits per heavy atom. The normalized spacial score (nSPS) is 27.7. The lowest BCUT2D eigenvalue weighted by Gasteiger charge is -2.28. The molecule has 1 aromatic rings. The summed E-state index contributed by atoms with van der Waals surface area (Å²) in [6.45, 7) is 2.09. The van der Waals surface area contributed by atoms with Crippen molar-refractivity contribution in [3.63, 3.8) is 0 Å². The molecule has 2 bridgehead atoms. The summed E-state index contributed by atoms with van der Waals surface area (Å²) in [5.74, 6) is 2.70. The van der Waals surface area contributed by atoms with Gasteiger partial charge in [0, 0.05) is 11.1 Å². The largest absolute Gasteiger partial charge is 0.482 e. The minimum absolute atomic E-state index is 0.0213. The second-order valence-electron chi connectivity index (χ2n) is 6.56. The summed E-state index contributed by atoms with van der Waals surface area (Å²) in [6, 6.07) is 5.19. The van der Waals surface area contributed by atoms with Crippen LogP contribution in [0.5, 0.6) is 5.75 Å². The predicted molar refractivity (Wildman–Crippen MR) is 88.5 cm³/mol. The molecule has 1 N–H and O–H groups in total. The number of hydrogen-bond acceptors (Lipinski definition) is 2. The highest BCUT2D eigenvalue weighted by Gasteiger charge is 2.42. The summed E-state index contributed by atoms with van der Waals surface area (Å²) in [6.07, 6.45) is 5.31. The fraction of sp³-hybridized carbons (Fsp3) is 0.588. The molecule has 2 saturated carbocycles. The smallest absolute Gasteiger partial charge is 0.258 e. The van der Waals surface area contributed by atoms with Gasteiger partial charge in [-0.1, -0.05) is 29.6 Å². The van der Waals surface area contributed by atoms with Gasteiger partial charge in [0.1, 0.15) is 5.75 Å². The van der Waals surface area contributed by atoms with E-state index < -0.39 is 0 Å². The van der Waals surface area contributed by atoms with Gasteiger partial charge in [-0.05, 0) is 62.1 Å². The van der Waals surface area contributed by atoms with Crippen LogP contribution in [0.3, 0.4) is 0 Å². The number of benzene rings is 1. The first kappa shape index (κ1) is 15.9. The molecule has 120 valence electrons. The van der Waals surface area contributed by atoms with Crippen LogP contribution < -0.4 is 10.1 Å². The van der Waals surface area contributed by atoms with Gasteiger partial charge in [-0.25, -0.2) is 0 Å². The van der Waals surface area contributed by atoms with Crippen LogP contribution in [0.15, 0.2) is 18.2 Å². The van der Waals surface area contributed by atoms with Crippen molar-refractivity contribution in [3.05, 3.63) is 28.2 Å².